The van der Waals surface area contributed by atoms with Crippen LogP contribution in [0.15, 0.2) is 0 Å². The van der Waals surface area contributed by atoms with Gasteiger partial charge in [0.05, 0.1) is 12.6 Å². The highest BCUT2D eigenvalue weighted by atomic mass is 32.1. The van der Waals surface area contributed by atoms with Crippen LogP contribution in [-0.2, 0) is 14.3 Å². The van der Waals surface area contributed by atoms with E-state index in [1.165, 1.54) is 0 Å². The summed E-state index contributed by atoms with van der Waals surface area (Å²) in [5.41, 5.74) is 0. The summed E-state index contributed by atoms with van der Waals surface area (Å²) in [4.78, 5) is 26.4. The van der Waals surface area contributed by atoms with Crippen molar-refractivity contribution in [1.82, 2.24) is 26.2 Å². The van der Waals surface area contributed by atoms with Crippen LogP contribution < -0.4 is 21.3 Å². The van der Waals surface area contributed by atoms with Crippen molar-refractivity contribution in [3.63, 3.8) is 0 Å². The molecule has 4 N–H and O–H groups in total. The Kier molecular flexibility index (Phi) is 8.05. The highest BCUT2D eigenvalue weighted by Gasteiger charge is 2.43. The average molecular weight is 386 g/mol. The highest BCUT2D eigenvalue weighted by molar-refractivity contribution is 7.80. The molecule has 3 unspecified atom stereocenters. The third-order valence-corrected chi connectivity index (χ3v) is 4.97. The number of hydrogen-bond acceptors (Lipinski definition) is 5. The van der Waals surface area contributed by atoms with Gasteiger partial charge in [0.1, 0.15) is 0 Å². The van der Waals surface area contributed by atoms with Gasteiger partial charge >= 0.3 is 0 Å². The summed E-state index contributed by atoms with van der Waals surface area (Å²) >= 11 is 5.30. The molecule has 3 atom stereocenters. The number of rotatable bonds is 8. The van der Waals surface area contributed by atoms with Gasteiger partial charge in [0.25, 0.3) is 0 Å². The van der Waals surface area contributed by atoms with Crippen LogP contribution in [0, 0.1) is 0 Å². The first-order chi connectivity index (χ1) is 12.4. The lowest BCUT2D eigenvalue weighted by atomic mass is 10.0. The Morgan fingerprint density at radius 2 is 2.23 bits per heavy atom. The maximum absolute atomic E-state index is 12.2. The molecule has 26 heavy (non-hydrogen) atoms. The monoisotopic (exact) mass is 385 g/mol. The molecule has 148 valence electrons. The minimum Gasteiger partial charge on any atom is -0.383 e. The van der Waals surface area contributed by atoms with Crippen molar-refractivity contribution in [2.45, 2.75) is 57.3 Å². The van der Waals surface area contributed by atoms with E-state index >= 15 is 0 Å². The fourth-order valence-corrected chi connectivity index (χ4v) is 3.81. The number of nitrogens with zero attached hydrogens (tertiary/aromatic N) is 1. The van der Waals surface area contributed by atoms with Crippen LogP contribution in [0.4, 0.5) is 0 Å². The molecule has 0 aromatic carbocycles. The number of thiocarbonyl (C=S) groups is 1. The molecular formula is C17H31N5O3S. The lowest BCUT2D eigenvalue weighted by Gasteiger charge is -2.37. The molecule has 0 saturated carbocycles. The van der Waals surface area contributed by atoms with Crippen molar-refractivity contribution in [3.8, 4) is 0 Å². The second kappa shape index (κ2) is 10.0. The van der Waals surface area contributed by atoms with Crippen LogP contribution in [-0.4, -0.2) is 79.3 Å². The number of amides is 2. The van der Waals surface area contributed by atoms with Gasteiger partial charge in [-0.3, -0.25) is 14.5 Å². The minimum atomic E-state index is -0.152. The lowest BCUT2D eigenvalue weighted by molar-refractivity contribution is -0.129. The van der Waals surface area contributed by atoms with Crippen LogP contribution >= 0.6 is 12.2 Å². The van der Waals surface area contributed by atoms with Crippen LogP contribution in [0.3, 0.4) is 0 Å². The van der Waals surface area contributed by atoms with Crippen LogP contribution in [0.2, 0.25) is 0 Å². The van der Waals surface area contributed by atoms with E-state index in [2.05, 4.69) is 26.2 Å². The molecule has 2 fully saturated rings. The van der Waals surface area contributed by atoms with Gasteiger partial charge in [0, 0.05) is 51.3 Å². The SMILES string of the molecule is COCCNC(=S)NC1CC2C(=O)NCC(CCC(=O)NC(C)C)N2C1. The van der Waals surface area contributed by atoms with Gasteiger partial charge in [0.15, 0.2) is 5.11 Å². The standard InChI is InChI=1S/C17H31N5O3S/c1-11(2)20-15(23)5-4-13-9-19-16(24)14-8-12(10-22(13)14)21-17(26)18-6-7-25-3/h11-14H,4-10H2,1-3H3,(H,19,24)(H,20,23)(H2,18,21,26). The molecule has 9 heteroatoms. The number of methoxy groups -OCH3 is 1. The summed E-state index contributed by atoms with van der Waals surface area (Å²) in [5.74, 6) is 0.126. The van der Waals surface area contributed by atoms with Crippen molar-refractivity contribution in [1.29, 1.82) is 0 Å². The maximum atomic E-state index is 12.2. The van der Waals surface area contributed by atoms with Gasteiger partial charge in [-0.05, 0) is 38.9 Å². The van der Waals surface area contributed by atoms with Gasteiger partial charge in [-0.1, -0.05) is 0 Å². The van der Waals surface area contributed by atoms with E-state index < -0.39 is 0 Å². The van der Waals surface area contributed by atoms with E-state index in [9.17, 15) is 9.59 Å². The van der Waals surface area contributed by atoms with Crippen LogP contribution in [0.5, 0.6) is 0 Å². The molecular weight excluding hydrogens is 354 g/mol. The number of carbonyl (C=O) groups is 2. The highest BCUT2D eigenvalue weighted by Crippen LogP contribution is 2.25. The molecule has 0 aromatic heterocycles. The Hall–Kier alpha value is -1.45. The van der Waals surface area contributed by atoms with Crippen molar-refractivity contribution in [3.05, 3.63) is 0 Å². The lowest BCUT2D eigenvalue weighted by Crippen LogP contribution is -2.58. The second-order valence-electron chi connectivity index (χ2n) is 7.20. The summed E-state index contributed by atoms with van der Waals surface area (Å²) < 4.78 is 4.99. The zero-order valence-electron chi connectivity index (χ0n) is 15.8. The number of piperazine rings is 1. The normalized spacial score (nSPS) is 25.5. The van der Waals surface area contributed by atoms with Crippen LogP contribution in [0.1, 0.15) is 33.1 Å². The summed E-state index contributed by atoms with van der Waals surface area (Å²) in [7, 11) is 1.65. The third kappa shape index (κ3) is 6.07. The Morgan fingerprint density at radius 3 is 2.92 bits per heavy atom. The smallest absolute Gasteiger partial charge is 0.237 e. The largest absolute Gasteiger partial charge is 0.383 e. The van der Waals surface area contributed by atoms with Gasteiger partial charge in [-0.15, -0.1) is 0 Å². The van der Waals surface area contributed by atoms with E-state index in [4.69, 9.17) is 17.0 Å². The van der Waals surface area contributed by atoms with Crippen LogP contribution in [0.25, 0.3) is 0 Å². The predicted molar refractivity (Wildman–Crippen MR) is 104 cm³/mol. The second-order valence-corrected chi connectivity index (χ2v) is 7.61. The molecule has 2 aliphatic rings. The molecule has 2 amide bonds. The molecule has 8 nitrogen and oxygen atoms in total. The third-order valence-electron chi connectivity index (χ3n) is 4.70. The summed E-state index contributed by atoms with van der Waals surface area (Å²) in [5, 5.41) is 12.9. The Balaban J connectivity index is 1.84. The van der Waals surface area contributed by atoms with E-state index in [-0.39, 0.29) is 36.0 Å². The molecule has 0 aliphatic carbocycles. The van der Waals surface area contributed by atoms with Crippen molar-refractivity contribution in [2.75, 3.05) is 33.4 Å². The minimum absolute atomic E-state index is 0.0610. The van der Waals surface area contributed by atoms with E-state index in [1.807, 2.05) is 13.8 Å². The number of nitrogens with one attached hydrogen (secondary N) is 4. The molecule has 0 bridgehead atoms. The topological polar surface area (TPSA) is 94.7 Å². The maximum Gasteiger partial charge on any atom is 0.237 e. The first-order valence-electron chi connectivity index (χ1n) is 9.26. The van der Waals surface area contributed by atoms with Crippen molar-refractivity contribution in [2.24, 2.45) is 0 Å². The van der Waals surface area contributed by atoms with Gasteiger partial charge in [0.2, 0.25) is 11.8 Å². The number of hydrogen-bond donors (Lipinski definition) is 4. The molecule has 0 aromatic rings. The Labute approximate surface area is 160 Å². The molecule has 2 heterocycles. The van der Waals surface area contributed by atoms with E-state index in [1.54, 1.807) is 7.11 Å². The molecule has 0 radical (unpaired) electrons. The molecule has 2 aliphatic heterocycles. The Morgan fingerprint density at radius 1 is 1.46 bits per heavy atom. The molecule has 2 rings (SSSR count). The average Bonchev–Trinajstić information content (AvgIpc) is 2.98. The van der Waals surface area contributed by atoms with Gasteiger partial charge < -0.3 is 26.0 Å². The quantitative estimate of drug-likeness (QED) is 0.326. The Bertz CT molecular complexity index is 517. The van der Waals surface area contributed by atoms with Gasteiger partial charge in [-0.2, -0.15) is 0 Å². The first kappa shape index (κ1) is 20.9. The summed E-state index contributed by atoms with van der Waals surface area (Å²) in [6.45, 7) is 6.48. The van der Waals surface area contributed by atoms with E-state index in [0.29, 0.717) is 37.7 Å². The fraction of sp³-hybridized carbons (Fsp3) is 0.824. The van der Waals surface area contributed by atoms with Gasteiger partial charge in [-0.25, -0.2) is 0 Å². The zero-order chi connectivity index (χ0) is 19.1. The summed E-state index contributed by atoms with van der Waals surface area (Å²) in [6.07, 6.45) is 1.92. The first-order valence-corrected chi connectivity index (χ1v) is 9.67. The summed E-state index contributed by atoms with van der Waals surface area (Å²) in [6, 6.07) is 0.297. The van der Waals surface area contributed by atoms with E-state index in [0.717, 1.165) is 13.0 Å². The predicted octanol–water partition coefficient (Wildman–Crippen LogP) is -0.657. The number of carbonyl (C=O) groups excluding carboxylic acids is 2. The van der Waals surface area contributed by atoms with Crippen molar-refractivity contribution < 1.29 is 14.3 Å². The molecule has 2 saturated heterocycles. The number of ether oxygens (including phenoxy) is 1. The number of fused-ring (bicyclic) bond motifs is 1. The van der Waals surface area contributed by atoms with Crippen molar-refractivity contribution >= 4 is 29.1 Å². The molecule has 0 spiro atoms. The fourth-order valence-electron chi connectivity index (χ4n) is 3.54. The zero-order valence-corrected chi connectivity index (χ0v) is 16.7.